The third-order valence-electron chi connectivity index (χ3n) is 2.75. The molecule has 4 heteroatoms. The van der Waals surface area contributed by atoms with Crippen LogP contribution in [-0.2, 0) is 0 Å². The summed E-state index contributed by atoms with van der Waals surface area (Å²) in [6.07, 6.45) is 1.85. The molecule has 1 aromatic carbocycles. The van der Waals surface area contributed by atoms with Gasteiger partial charge in [0.1, 0.15) is 6.10 Å². The molecule has 0 aliphatic carbocycles. The van der Waals surface area contributed by atoms with Gasteiger partial charge in [0.15, 0.2) is 11.6 Å². The van der Waals surface area contributed by atoms with Crippen molar-refractivity contribution in [1.29, 1.82) is 0 Å². The predicted octanol–water partition coefficient (Wildman–Crippen LogP) is 4.27. The molecule has 1 N–H and O–H groups in total. The first-order valence-corrected chi connectivity index (χ1v) is 7.23. The SMILES string of the molecule is CCCC(CNCC(C)C)Oc1cccc(Cl)c1F. The Morgan fingerprint density at radius 2 is 2.05 bits per heavy atom. The summed E-state index contributed by atoms with van der Waals surface area (Å²) < 4.78 is 19.5. The van der Waals surface area contributed by atoms with Crippen molar-refractivity contribution in [2.45, 2.75) is 39.7 Å². The van der Waals surface area contributed by atoms with E-state index in [1.807, 2.05) is 0 Å². The molecule has 0 aromatic heterocycles. The maximum atomic E-state index is 13.8. The summed E-state index contributed by atoms with van der Waals surface area (Å²) in [5.41, 5.74) is 0. The number of benzene rings is 1. The minimum atomic E-state index is -0.478. The highest BCUT2D eigenvalue weighted by molar-refractivity contribution is 6.30. The van der Waals surface area contributed by atoms with E-state index >= 15 is 0 Å². The monoisotopic (exact) mass is 287 g/mol. The molecular formula is C15H23ClFNO. The minimum absolute atomic E-state index is 0.0308. The van der Waals surface area contributed by atoms with Crippen LogP contribution in [0.4, 0.5) is 4.39 Å². The van der Waals surface area contributed by atoms with Crippen molar-refractivity contribution >= 4 is 11.6 Å². The van der Waals surface area contributed by atoms with E-state index in [0.29, 0.717) is 5.92 Å². The van der Waals surface area contributed by atoms with E-state index in [0.717, 1.165) is 25.9 Å². The summed E-state index contributed by atoms with van der Waals surface area (Å²) >= 11 is 5.75. The maximum absolute atomic E-state index is 13.8. The van der Waals surface area contributed by atoms with Crippen LogP contribution in [0.1, 0.15) is 33.6 Å². The zero-order valence-electron chi connectivity index (χ0n) is 11.9. The van der Waals surface area contributed by atoms with Crippen LogP contribution in [0.25, 0.3) is 0 Å². The zero-order valence-corrected chi connectivity index (χ0v) is 12.6. The lowest BCUT2D eigenvalue weighted by atomic mass is 10.2. The smallest absolute Gasteiger partial charge is 0.183 e. The lowest BCUT2D eigenvalue weighted by Gasteiger charge is -2.20. The number of hydrogen-bond donors (Lipinski definition) is 1. The molecule has 0 heterocycles. The van der Waals surface area contributed by atoms with Gasteiger partial charge in [0.2, 0.25) is 0 Å². The highest BCUT2D eigenvalue weighted by atomic mass is 35.5. The van der Waals surface area contributed by atoms with Crippen LogP contribution in [0.15, 0.2) is 18.2 Å². The molecule has 2 nitrogen and oxygen atoms in total. The second kappa shape index (κ2) is 8.39. The molecule has 0 saturated heterocycles. The molecule has 19 heavy (non-hydrogen) atoms. The molecule has 0 fully saturated rings. The van der Waals surface area contributed by atoms with Gasteiger partial charge in [-0.25, -0.2) is 4.39 Å². The second-order valence-corrected chi connectivity index (χ2v) is 5.54. The van der Waals surface area contributed by atoms with Gasteiger partial charge < -0.3 is 10.1 Å². The van der Waals surface area contributed by atoms with E-state index in [2.05, 4.69) is 26.1 Å². The zero-order chi connectivity index (χ0) is 14.3. The van der Waals surface area contributed by atoms with Gasteiger partial charge in [0.25, 0.3) is 0 Å². The average Bonchev–Trinajstić information content (AvgIpc) is 2.34. The fraction of sp³-hybridized carbons (Fsp3) is 0.600. The van der Waals surface area contributed by atoms with Gasteiger partial charge in [-0.2, -0.15) is 0 Å². The molecular weight excluding hydrogens is 265 g/mol. The normalized spacial score (nSPS) is 12.7. The first-order valence-electron chi connectivity index (χ1n) is 6.86. The Balaban J connectivity index is 2.59. The van der Waals surface area contributed by atoms with Gasteiger partial charge >= 0.3 is 0 Å². The standard InChI is InChI=1S/C15H23ClFNO/c1-4-6-12(10-18-9-11(2)3)19-14-8-5-7-13(16)15(14)17/h5,7-8,11-12,18H,4,6,9-10H2,1-3H3. The van der Waals surface area contributed by atoms with Crippen LogP contribution in [0.3, 0.4) is 0 Å². The van der Waals surface area contributed by atoms with Crippen molar-refractivity contribution in [2.24, 2.45) is 5.92 Å². The molecule has 1 rings (SSSR count). The Kier molecular flexibility index (Phi) is 7.17. The third kappa shape index (κ3) is 5.79. The van der Waals surface area contributed by atoms with E-state index in [4.69, 9.17) is 16.3 Å². The van der Waals surface area contributed by atoms with E-state index in [9.17, 15) is 4.39 Å². The van der Waals surface area contributed by atoms with E-state index in [-0.39, 0.29) is 16.9 Å². The predicted molar refractivity (Wildman–Crippen MR) is 78.4 cm³/mol. The van der Waals surface area contributed by atoms with Crippen LogP contribution in [-0.4, -0.2) is 19.2 Å². The molecule has 0 radical (unpaired) electrons. The van der Waals surface area contributed by atoms with Crippen molar-refractivity contribution in [3.05, 3.63) is 29.0 Å². The van der Waals surface area contributed by atoms with Crippen LogP contribution in [0, 0.1) is 11.7 Å². The van der Waals surface area contributed by atoms with Crippen LogP contribution < -0.4 is 10.1 Å². The van der Waals surface area contributed by atoms with Gasteiger partial charge in [-0.05, 0) is 31.0 Å². The van der Waals surface area contributed by atoms with Crippen molar-refractivity contribution in [2.75, 3.05) is 13.1 Å². The summed E-state index contributed by atoms with van der Waals surface area (Å²) in [5, 5.41) is 3.44. The van der Waals surface area contributed by atoms with Gasteiger partial charge in [-0.1, -0.05) is 44.9 Å². The van der Waals surface area contributed by atoms with E-state index in [1.165, 1.54) is 6.07 Å². The number of rotatable bonds is 8. The Labute approximate surface area is 120 Å². The van der Waals surface area contributed by atoms with Gasteiger partial charge in [0, 0.05) is 6.54 Å². The summed E-state index contributed by atoms with van der Waals surface area (Å²) in [5.74, 6) is 0.344. The summed E-state index contributed by atoms with van der Waals surface area (Å²) in [7, 11) is 0. The number of hydrogen-bond acceptors (Lipinski definition) is 2. The molecule has 0 aliphatic rings. The largest absolute Gasteiger partial charge is 0.486 e. The summed E-state index contributed by atoms with van der Waals surface area (Å²) in [6.45, 7) is 8.05. The van der Waals surface area contributed by atoms with Gasteiger partial charge in [0.05, 0.1) is 5.02 Å². The second-order valence-electron chi connectivity index (χ2n) is 5.13. The molecule has 0 aliphatic heterocycles. The first-order chi connectivity index (χ1) is 9.04. The van der Waals surface area contributed by atoms with Crippen molar-refractivity contribution in [3.63, 3.8) is 0 Å². The Morgan fingerprint density at radius 1 is 1.32 bits per heavy atom. The highest BCUT2D eigenvalue weighted by Crippen LogP contribution is 2.25. The molecule has 0 amide bonds. The molecule has 0 spiro atoms. The first kappa shape index (κ1) is 16.3. The van der Waals surface area contributed by atoms with Gasteiger partial charge in [-0.15, -0.1) is 0 Å². The third-order valence-corrected chi connectivity index (χ3v) is 3.04. The summed E-state index contributed by atoms with van der Waals surface area (Å²) in [4.78, 5) is 0. The molecule has 0 saturated carbocycles. The average molecular weight is 288 g/mol. The fourth-order valence-corrected chi connectivity index (χ4v) is 1.98. The van der Waals surface area contributed by atoms with E-state index < -0.39 is 5.82 Å². The Morgan fingerprint density at radius 3 is 2.68 bits per heavy atom. The molecule has 1 aromatic rings. The minimum Gasteiger partial charge on any atom is -0.486 e. The lowest BCUT2D eigenvalue weighted by molar-refractivity contribution is 0.177. The van der Waals surface area contributed by atoms with Crippen molar-refractivity contribution in [1.82, 2.24) is 5.32 Å². The topological polar surface area (TPSA) is 21.3 Å². The Hall–Kier alpha value is -0.800. The van der Waals surface area contributed by atoms with E-state index in [1.54, 1.807) is 12.1 Å². The van der Waals surface area contributed by atoms with Crippen molar-refractivity contribution in [3.8, 4) is 5.75 Å². The number of ether oxygens (including phenoxy) is 1. The van der Waals surface area contributed by atoms with Gasteiger partial charge in [-0.3, -0.25) is 0 Å². The van der Waals surface area contributed by atoms with Crippen LogP contribution >= 0.6 is 11.6 Å². The number of nitrogens with one attached hydrogen (secondary N) is 1. The molecule has 1 unspecified atom stereocenters. The molecule has 108 valence electrons. The lowest BCUT2D eigenvalue weighted by Crippen LogP contribution is -2.33. The van der Waals surface area contributed by atoms with Crippen molar-refractivity contribution < 1.29 is 9.13 Å². The quantitative estimate of drug-likeness (QED) is 0.771. The Bertz CT molecular complexity index is 384. The maximum Gasteiger partial charge on any atom is 0.183 e. The molecule has 0 bridgehead atoms. The molecule has 1 atom stereocenters. The van der Waals surface area contributed by atoms with Crippen LogP contribution in [0.2, 0.25) is 5.02 Å². The highest BCUT2D eigenvalue weighted by Gasteiger charge is 2.14. The number of halogens is 2. The van der Waals surface area contributed by atoms with Crippen LogP contribution in [0.5, 0.6) is 5.75 Å². The summed E-state index contributed by atoms with van der Waals surface area (Å²) in [6, 6.07) is 4.84. The fourth-order valence-electron chi connectivity index (χ4n) is 1.81.